The highest BCUT2D eigenvalue weighted by Crippen LogP contribution is 2.27. The molecule has 1 unspecified atom stereocenters. The minimum atomic E-state index is -0.298. The van der Waals surface area contributed by atoms with Crippen molar-refractivity contribution in [2.24, 2.45) is 11.7 Å². The van der Waals surface area contributed by atoms with Crippen LogP contribution in [0.5, 0.6) is 0 Å². The van der Waals surface area contributed by atoms with E-state index in [2.05, 4.69) is 10.1 Å². The van der Waals surface area contributed by atoms with Gasteiger partial charge in [0, 0.05) is 6.42 Å². The molecule has 0 spiro atoms. The molecule has 18 heavy (non-hydrogen) atoms. The van der Waals surface area contributed by atoms with E-state index >= 15 is 0 Å². The Bertz CT molecular complexity index is 359. The fourth-order valence-electron chi connectivity index (χ4n) is 2.33. The summed E-state index contributed by atoms with van der Waals surface area (Å²) in [5, 5.41) is 3.95. The van der Waals surface area contributed by atoms with E-state index in [4.69, 9.17) is 15.0 Å². The van der Waals surface area contributed by atoms with Gasteiger partial charge in [0.25, 0.3) is 0 Å². The normalized spacial score (nSPS) is 18.7. The van der Waals surface area contributed by atoms with Crippen LogP contribution < -0.4 is 5.73 Å². The van der Waals surface area contributed by atoms with Crippen LogP contribution >= 0.6 is 0 Å². The second-order valence-corrected chi connectivity index (χ2v) is 5.39. The minimum absolute atomic E-state index is 0.168. The van der Waals surface area contributed by atoms with Crippen LogP contribution in [0.4, 0.5) is 0 Å². The molecular formula is C13H23N3O2. The van der Waals surface area contributed by atoms with Gasteiger partial charge in [-0.2, -0.15) is 4.98 Å². The Hall–Kier alpha value is -0.940. The van der Waals surface area contributed by atoms with E-state index in [1.54, 1.807) is 0 Å². The molecule has 1 heterocycles. The Balaban J connectivity index is 1.84. The summed E-state index contributed by atoms with van der Waals surface area (Å²) in [4.78, 5) is 4.37. The van der Waals surface area contributed by atoms with Crippen molar-refractivity contribution in [2.75, 3.05) is 6.61 Å². The molecule has 1 aliphatic carbocycles. The lowest BCUT2D eigenvalue weighted by atomic mass is 10.0. The average molecular weight is 253 g/mol. The van der Waals surface area contributed by atoms with Crippen LogP contribution in [0.1, 0.15) is 57.3 Å². The molecule has 0 amide bonds. The van der Waals surface area contributed by atoms with Crippen molar-refractivity contribution < 1.29 is 9.26 Å². The molecule has 0 bridgehead atoms. The van der Waals surface area contributed by atoms with Gasteiger partial charge in [0.1, 0.15) is 0 Å². The highest BCUT2D eigenvalue weighted by atomic mass is 16.5. The summed E-state index contributed by atoms with van der Waals surface area (Å²) in [5.74, 6) is 1.99. The van der Waals surface area contributed by atoms with Gasteiger partial charge in [0.2, 0.25) is 5.89 Å². The fraction of sp³-hybridized carbons (Fsp3) is 0.846. The van der Waals surface area contributed by atoms with Crippen molar-refractivity contribution in [3.63, 3.8) is 0 Å². The van der Waals surface area contributed by atoms with Crippen molar-refractivity contribution in [3.05, 3.63) is 11.7 Å². The zero-order chi connectivity index (χ0) is 13.0. The van der Waals surface area contributed by atoms with Gasteiger partial charge in [-0.15, -0.1) is 0 Å². The number of ether oxygens (including phenoxy) is 1. The number of hydrogen-bond donors (Lipinski definition) is 1. The van der Waals surface area contributed by atoms with E-state index in [-0.39, 0.29) is 12.1 Å². The van der Waals surface area contributed by atoms with E-state index in [9.17, 15) is 0 Å². The summed E-state index contributed by atoms with van der Waals surface area (Å²) in [6.07, 6.45) is 6.27. The number of aromatic nitrogens is 2. The molecule has 1 aliphatic rings. The first kappa shape index (κ1) is 13.5. The number of rotatable bonds is 6. The average Bonchev–Trinajstić information content (AvgIpc) is 2.98. The van der Waals surface area contributed by atoms with E-state index < -0.39 is 0 Å². The summed E-state index contributed by atoms with van der Waals surface area (Å²) in [5.41, 5.74) is 5.95. The molecule has 5 nitrogen and oxygen atoms in total. The van der Waals surface area contributed by atoms with Gasteiger partial charge in [-0.05, 0) is 32.6 Å². The lowest BCUT2D eigenvalue weighted by Crippen LogP contribution is -2.20. The van der Waals surface area contributed by atoms with Crippen LogP contribution in [0.25, 0.3) is 0 Å². The Kier molecular flexibility index (Phi) is 4.72. The fourth-order valence-corrected chi connectivity index (χ4v) is 2.33. The highest BCUT2D eigenvalue weighted by molar-refractivity contribution is 4.94. The number of nitrogens with two attached hydrogens (primary N) is 1. The molecule has 1 aromatic rings. The second-order valence-electron chi connectivity index (χ2n) is 5.39. The molecule has 0 aliphatic heterocycles. The predicted molar refractivity (Wildman–Crippen MR) is 68.0 cm³/mol. The second kappa shape index (κ2) is 6.29. The van der Waals surface area contributed by atoms with Gasteiger partial charge in [-0.3, -0.25) is 0 Å². The van der Waals surface area contributed by atoms with Crippen LogP contribution in [-0.4, -0.2) is 22.9 Å². The maximum absolute atomic E-state index is 5.95. The molecule has 1 saturated carbocycles. The molecule has 2 rings (SSSR count). The largest absolute Gasteiger partial charge is 0.377 e. The first-order valence-electron chi connectivity index (χ1n) is 6.85. The lowest BCUT2D eigenvalue weighted by molar-refractivity contribution is 0.0665. The van der Waals surface area contributed by atoms with Crippen molar-refractivity contribution in [3.8, 4) is 0 Å². The van der Waals surface area contributed by atoms with E-state index in [1.165, 1.54) is 25.7 Å². The van der Waals surface area contributed by atoms with Crippen molar-refractivity contribution >= 4 is 0 Å². The van der Waals surface area contributed by atoms with E-state index in [0.717, 1.165) is 12.3 Å². The van der Waals surface area contributed by atoms with Gasteiger partial charge in [0.15, 0.2) is 5.82 Å². The van der Waals surface area contributed by atoms with E-state index in [0.29, 0.717) is 18.3 Å². The molecule has 0 radical (unpaired) electrons. The zero-order valence-electron chi connectivity index (χ0n) is 11.3. The van der Waals surface area contributed by atoms with Crippen LogP contribution in [0.3, 0.4) is 0 Å². The van der Waals surface area contributed by atoms with Crippen LogP contribution in [0.15, 0.2) is 4.52 Å². The SMILES string of the molecule is CC(C)OCC(N)c1noc(CC2CCCC2)n1. The van der Waals surface area contributed by atoms with Crippen LogP contribution in [0, 0.1) is 5.92 Å². The summed E-state index contributed by atoms with van der Waals surface area (Å²) in [7, 11) is 0. The summed E-state index contributed by atoms with van der Waals surface area (Å²) in [6.45, 7) is 4.39. The smallest absolute Gasteiger partial charge is 0.226 e. The lowest BCUT2D eigenvalue weighted by Gasteiger charge is -2.10. The monoisotopic (exact) mass is 253 g/mol. The topological polar surface area (TPSA) is 74.2 Å². The molecule has 102 valence electrons. The molecular weight excluding hydrogens is 230 g/mol. The van der Waals surface area contributed by atoms with E-state index in [1.807, 2.05) is 13.8 Å². The maximum Gasteiger partial charge on any atom is 0.226 e. The van der Waals surface area contributed by atoms with Gasteiger partial charge < -0.3 is 15.0 Å². The molecule has 5 heteroatoms. The Morgan fingerprint density at radius 2 is 2.11 bits per heavy atom. The number of hydrogen-bond acceptors (Lipinski definition) is 5. The molecule has 0 aromatic carbocycles. The predicted octanol–water partition coefficient (Wildman–Crippen LogP) is 2.23. The third-order valence-electron chi connectivity index (χ3n) is 3.36. The maximum atomic E-state index is 5.95. The van der Waals surface area contributed by atoms with Gasteiger partial charge >= 0.3 is 0 Å². The van der Waals surface area contributed by atoms with Gasteiger partial charge in [0.05, 0.1) is 18.8 Å². The summed E-state index contributed by atoms with van der Waals surface area (Å²) in [6, 6.07) is -0.298. The Labute approximate surface area is 108 Å². The van der Waals surface area contributed by atoms with Crippen LogP contribution in [-0.2, 0) is 11.2 Å². The Morgan fingerprint density at radius 3 is 2.78 bits per heavy atom. The van der Waals surface area contributed by atoms with Crippen molar-refractivity contribution in [1.82, 2.24) is 10.1 Å². The third kappa shape index (κ3) is 3.78. The zero-order valence-corrected chi connectivity index (χ0v) is 11.3. The Morgan fingerprint density at radius 1 is 1.39 bits per heavy atom. The molecule has 1 fully saturated rings. The minimum Gasteiger partial charge on any atom is -0.377 e. The van der Waals surface area contributed by atoms with Crippen LogP contribution in [0.2, 0.25) is 0 Å². The molecule has 1 aromatic heterocycles. The standard InChI is InChI=1S/C13H23N3O2/c1-9(2)17-8-11(14)13-15-12(18-16-13)7-10-5-3-4-6-10/h9-11H,3-8,14H2,1-2H3. The number of nitrogens with zero attached hydrogens (tertiary/aromatic N) is 2. The van der Waals surface area contributed by atoms with Gasteiger partial charge in [-0.25, -0.2) is 0 Å². The first-order valence-corrected chi connectivity index (χ1v) is 6.85. The van der Waals surface area contributed by atoms with Crippen molar-refractivity contribution in [2.45, 2.75) is 58.1 Å². The molecule has 2 N–H and O–H groups in total. The summed E-state index contributed by atoms with van der Waals surface area (Å²) < 4.78 is 10.7. The molecule has 1 atom stereocenters. The quantitative estimate of drug-likeness (QED) is 0.841. The third-order valence-corrected chi connectivity index (χ3v) is 3.36. The highest BCUT2D eigenvalue weighted by Gasteiger charge is 2.20. The summed E-state index contributed by atoms with van der Waals surface area (Å²) >= 11 is 0. The van der Waals surface area contributed by atoms with Gasteiger partial charge in [-0.1, -0.05) is 18.0 Å². The first-order chi connectivity index (χ1) is 8.65. The van der Waals surface area contributed by atoms with Crippen molar-refractivity contribution in [1.29, 1.82) is 0 Å². The molecule has 0 saturated heterocycles.